The van der Waals surface area contributed by atoms with Crippen LogP contribution in [0.3, 0.4) is 0 Å². The van der Waals surface area contributed by atoms with Gasteiger partial charge in [0.2, 0.25) is 0 Å². The molecule has 0 aromatic carbocycles. The molecule has 0 bridgehead atoms. The van der Waals surface area contributed by atoms with Gasteiger partial charge in [-0.25, -0.2) is 4.98 Å². The average molecular weight is 393 g/mol. The first-order chi connectivity index (χ1) is 12.6. The lowest BCUT2D eigenvalue weighted by Crippen LogP contribution is -2.32. The molecule has 7 nitrogen and oxygen atoms in total. The van der Waals surface area contributed by atoms with E-state index in [0.717, 1.165) is 25.2 Å². The van der Waals surface area contributed by atoms with E-state index in [1.807, 2.05) is 13.8 Å². The molecule has 0 saturated carbocycles. The van der Waals surface area contributed by atoms with Crippen LogP contribution in [0.5, 0.6) is 0 Å². The highest BCUT2D eigenvalue weighted by molar-refractivity contribution is 6.07. The maximum absolute atomic E-state index is 12.8. The highest BCUT2D eigenvalue weighted by Crippen LogP contribution is 2.30. The first-order valence-electron chi connectivity index (χ1n) is 8.95. The first-order valence-corrected chi connectivity index (χ1v) is 8.95. The van der Waals surface area contributed by atoms with Crippen molar-refractivity contribution in [2.24, 2.45) is 0 Å². The fourth-order valence-corrected chi connectivity index (χ4v) is 2.76. The Morgan fingerprint density at radius 1 is 1.26 bits per heavy atom. The summed E-state index contributed by atoms with van der Waals surface area (Å²) in [5, 5.41) is 11.0. The van der Waals surface area contributed by atoms with Gasteiger partial charge in [-0.2, -0.15) is 0 Å². The summed E-state index contributed by atoms with van der Waals surface area (Å²) in [7, 11) is 0. The fourth-order valence-electron chi connectivity index (χ4n) is 2.76. The van der Waals surface area contributed by atoms with Crippen LogP contribution in [0.1, 0.15) is 49.2 Å². The number of aromatic nitrogens is 2. The summed E-state index contributed by atoms with van der Waals surface area (Å²) in [6.45, 7) is 8.32. The number of halogens is 1. The number of carbonyl (C=O) groups excluding carboxylic acids is 1. The summed E-state index contributed by atoms with van der Waals surface area (Å²) in [5.74, 6) is 0.520. The molecular weight excluding hydrogens is 368 g/mol. The number of pyridine rings is 1. The number of hydrogen-bond donors (Lipinski definition) is 2. The number of hydrogen-bond acceptors (Lipinski definition) is 6. The molecule has 0 aliphatic carbocycles. The zero-order valence-electron chi connectivity index (χ0n) is 15.7. The first kappa shape index (κ1) is 20.9. The molecule has 8 heteroatoms. The third-order valence-electron chi connectivity index (χ3n) is 4.05. The van der Waals surface area contributed by atoms with Gasteiger partial charge in [0.1, 0.15) is 5.69 Å². The molecule has 3 rings (SSSR count). The predicted molar refractivity (Wildman–Crippen MR) is 106 cm³/mol. The Bertz CT molecular complexity index is 875. The molecular formula is C19H25ClN4O3. The smallest absolute Gasteiger partial charge is 0.259 e. The van der Waals surface area contributed by atoms with Crippen molar-refractivity contribution in [3.05, 3.63) is 35.7 Å². The molecule has 27 heavy (non-hydrogen) atoms. The monoisotopic (exact) mass is 392 g/mol. The Balaban J connectivity index is 0.00000261. The van der Waals surface area contributed by atoms with Crippen molar-refractivity contribution < 1.29 is 13.7 Å². The van der Waals surface area contributed by atoms with E-state index in [9.17, 15) is 4.79 Å². The number of nitrogens with zero attached hydrogens (tertiary/aromatic N) is 2. The largest absolute Gasteiger partial charge is 0.463 e. The molecule has 0 radical (unpaired) electrons. The summed E-state index contributed by atoms with van der Waals surface area (Å²) in [6.07, 6.45) is 2.63. The maximum atomic E-state index is 12.8. The number of carbonyl (C=O) groups is 1. The third kappa shape index (κ3) is 4.67. The van der Waals surface area contributed by atoms with E-state index >= 15 is 0 Å². The van der Waals surface area contributed by atoms with Crippen molar-refractivity contribution in [1.29, 1.82) is 0 Å². The molecule has 0 saturated heterocycles. The quantitative estimate of drug-likeness (QED) is 0.567. The Morgan fingerprint density at radius 2 is 2.07 bits per heavy atom. The molecule has 2 N–H and O–H groups in total. The van der Waals surface area contributed by atoms with E-state index in [-0.39, 0.29) is 24.2 Å². The van der Waals surface area contributed by atoms with Crippen LogP contribution in [0.25, 0.3) is 22.6 Å². The molecule has 146 valence electrons. The van der Waals surface area contributed by atoms with Crippen LogP contribution in [0.4, 0.5) is 0 Å². The summed E-state index contributed by atoms with van der Waals surface area (Å²) >= 11 is 0. The molecule has 0 aliphatic rings. The number of furan rings is 1. The van der Waals surface area contributed by atoms with Gasteiger partial charge in [-0.1, -0.05) is 25.9 Å². The van der Waals surface area contributed by atoms with Gasteiger partial charge < -0.3 is 19.6 Å². The van der Waals surface area contributed by atoms with Gasteiger partial charge in [-0.3, -0.25) is 4.79 Å². The van der Waals surface area contributed by atoms with Crippen LogP contribution in [-0.2, 0) is 0 Å². The molecule has 3 aromatic rings. The topological polar surface area (TPSA) is 93.2 Å². The highest BCUT2D eigenvalue weighted by atomic mass is 35.5. The SMILES string of the molecule is CCCNCCNC(=O)c1cc(-c2ccco2)nc2onc(C(C)C)c12.Cl. The Hall–Kier alpha value is -2.38. The molecule has 3 heterocycles. The van der Waals surface area contributed by atoms with Crippen LogP contribution in [0, 0.1) is 0 Å². The Kier molecular flexibility index (Phi) is 7.38. The molecule has 3 aromatic heterocycles. The molecule has 1 amide bonds. The average Bonchev–Trinajstić information content (AvgIpc) is 3.30. The Morgan fingerprint density at radius 3 is 2.74 bits per heavy atom. The summed E-state index contributed by atoms with van der Waals surface area (Å²) in [4.78, 5) is 17.3. The van der Waals surface area contributed by atoms with E-state index in [1.54, 1.807) is 24.5 Å². The lowest BCUT2D eigenvalue weighted by Gasteiger charge is -2.09. The van der Waals surface area contributed by atoms with Crippen LogP contribution in [0.15, 0.2) is 33.4 Å². The molecule has 0 unspecified atom stereocenters. The minimum atomic E-state index is -0.173. The normalized spacial score (nSPS) is 11.0. The standard InChI is InChI=1S/C19H24N4O3.ClH/c1-4-7-20-8-9-21-18(24)13-11-14(15-6-5-10-25-15)22-19-16(13)17(12(2)3)23-26-19;/h5-6,10-12,20H,4,7-9H2,1-3H3,(H,21,24);1H. The fraction of sp³-hybridized carbons (Fsp3) is 0.421. The summed E-state index contributed by atoms with van der Waals surface area (Å²) in [5.41, 5.74) is 2.12. The van der Waals surface area contributed by atoms with Crippen molar-refractivity contribution in [2.45, 2.75) is 33.1 Å². The van der Waals surface area contributed by atoms with Crippen LogP contribution >= 0.6 is 12.4 Å². The Labute approximate surface area is 164 Å². The van der Waals surface area contributed by atoms with Crippen LogP contribution < -0.4 is 10.6 Å². The van der Waals surface area contributed by atoms with Gasteiger partial charge >= 0.3 is 0 Å². The van der Waals surface area contributed by atoms with Gasteiger partial charge in [-0.05, 0) is 37.1 Å². The number of amides is 1. The van der Waals surface area contributed by atoms with Crippen molar-refractivity contribution in [3.63, 3.8) is 0 Å². The van der Waals surface area contributed by atoms with E-state index in [2.05, 4.69) is 27.7 Å². The van der Waals surface area contributed by atoms with Gasteiger partial charge in [-0.15, -0.1) is 12.4 Å². The lowest BCUT2D eigenvalue weighted by atomic mass is 10.0. The second kappa shape index (κ2) is 9.53. The number of rotatable bonds is 8. The van der Waals surface area contributed by atoms with Crippen molar-refractivity contribution in [1.82, 2.24) is 20.8 Å². The molecule has 0 spiro atoms. The van der Waals surface area contributed by atoms with Crippen molar-refractivity contribution in [2.75, 3.05) is 19.6 Å². The van der Waals surface area contributed by atoms with Crippen LogP contribution in [-0.4, -0.2) is 35.7 Å². The molecule has 0 aliphatic heterocycles. The summed E-state index contributed by atoms with van der Waals surface area (Å²) < 4.78 is 10.8. The van der Waals surface area contributed by atoms with Gasteiger partial charge in [0.05, 0.1) is 22.9 Å². The van der Waals surface area contributed by atoms with Gasteiger partial charge in [0.25, 0.3) is 11.6 Å². The van der Waals surface area contributed by atoms with Gasteiger partial charge in [0, 0.05) is 13.1 Å². The zero-order valence-corrected chi connectivity index (χ0v) is 16.6. The van der Waals surface area contributed by atoms with E-state index in [4.69, 9.17) is 8.94 Å². The van der Waals surface area contributed by atoms with E-state index in [1.165, 1.54) is 0 Å². The molecule has 0 atom stereocenters. The summed E-state index contributed by atoms with van der Waals surface area (Å²) in [6, 6.07) is 5.31. The van der Waals surface area contributed by atoms with E-state index < -0.39 is 0 Å². The number of nitrogens with one attached hydrogen (secondary N) is 2. The number of fused-ring (bicyclic) bond motifs is 1. The highest BCUT2D eigenvalue weighted by Gasteiger charge is 2.22. The predicted octanol–water partition coefficient (Wildman–Crippen LogP) is 3.76. The second-order valence-electron chi connectivity index (χ2n) is 6.44. The minimum absolute atomic E-state index is 0. The van der Waals surface area contributed by atoms with Crippen LogP contribution in [0.2, 0.25) is 0 Å². The van der Waals surface area contributed by atoms with Crippen molar-refractivity contribution in [3.8, 4) is 11.5 Å². The van der Waals surface area contributed by atoms with E-state index in [0.29, 0.717) is 34.7 Å². The van der Waals surface area contributed by atoms with Crippen molar-refractivity contribution >= 4 is 29.4 Å². The second-order valence-corrected chi connectivity index (χ2v) is 6.44. The third-order valence-corrected chi connectivity index (χ3v) is 4.05. The maximum Gasteiger partial charge on any atom is 0.259 e. The zero-order chi connectivity index (χ0) is 18.5. The minimum Gasteiger partial charge on any atom is -0.463 e. The van der Waals surface area contributed by atoms with Gasteiger partial charge in [0.15, 0.2) is 5.76 Å². The molecule has 0 fully saturated rings. The lowest BCUT2D eigenvalue weighted by molar-refractivity contribution is 0.0955.